The first-order valence-corrected chi connectivity index (χ1v) is 7.07. The lowest BCUT2D eigenvalue weighted by atomic mass is 10.2. The smallest absolute Gasteiger partial charge is 0.399 e. The Labute approximate surface area is 122 Å². The summed E-state index contributed by atoms with van der Waals surface area (Å²) in [6, 6.07) is 10.5. The monoisotopic (exact) mass is 281 g/mol. The van der Waals surface area contributed by atoms with Gasteiger partial charge in [-0.15, -0.1) is 0 Å². The topological polar surface area (TPSA) is 60.2 Å². The fourth-order valence-corrected chi connectivity index (χ4v) is 2.16. The number of oxazole rings is 1. The van der Waals surface area contributed by atoms with Crippen LogP contribution in [-0.2, 0) is 6.54 Å². The SMILES string of the molecule is c1ccc2ncc(Oc3nc(CNC4CC4)co3)cc2c1. The first-order chi connectivity index (χ1) is 10.4. The Morgan fingerprint density at radius 3 is 3.10 bits per heavy atom. The van der Waals surface area contributed by atoms with Crippen LogP contribution in [0.2, 0.25) is 0 Å². The molecule has 0 radical (unpaired) electrons. The highest BCUT2D eigenvalue weighted by atomic mass is 16.6. The van der Waals surface area contributed by atoms with Crippen molar-refractivity contribution >= 4 is 10.9 Å². The summed E-state index contributed by atoms with van der Waals surface area (Å²) in [6.07, 6.45) is 6.06. The van der Waals surface area contributed by atoms with E-state index in [-0.39, 0.29) is 6.08 Å². The van der Waals surface area contributed by atoms with E-state index in [0.717, 1.165) is 16.6 Å². The van der Waals surface area contributed by atoms with Gasteiger partial charge in [0.2, 0.25) is 0 Å². The first kappa shape index (κ1) is 12.3. The molecule has 0 unspecified atom stereocenters. The molecule has 4 rings (SSSR count). The van der Waals surface area contributed by atoms with Gasteiger partial charge in [0, 0.05) is 18.0 Å². The van der Waals surface area contributed by atoms with Gasteiger partial charge in [0.1, 0.15) is 6.26 Å². The Kier molecular flexibility index (Phi) is 3.05. The number of para-hydroxylation sites is 1. The van der Waals surface area contributed by atoms with Crippen molar-refractivity contribution in [3.05, 3.63) is 48.5 Å². The second-order valence-electron chi connectivity index (χ2n) is 5.23. The molecule has 3 aromatic rings. The highest BCUT2D eigenvalue weighted by Crippen LogP contribution is 2.24. The summed E-state index contributed by atoms with van der Waals surface area (Å²) in [5.41, 5.74) is 1.79. The summed E-state index contributed by atoms with van der Waals surface area (Å²) in [4.78, 5) is 8.65. The van der Waals surface area contributed by atoms with Crippen LogP contribution in [0.3, 0.4) is 0 Å². The maximum absolute atomic E-state index is 5.62. The van der Waals surface area contributed by atoms with Crippen molar-refractivity contribution in [1.82, 2.24) is 15.3 Å². The van der Waals surface area contributed by atoms with E-state index < -0.39 is 0 Å². The maximum Gasteiger partial charge on any atom is 0.399 e. The lowest BCUT2D eigenvalue weighted by Crippen LogP contribution is -2.15. The highest BCUT2D eigenvalue weighted by Gasteiger charge is 2.20. The lowest BCUT2D eigenvalue weighted by molar-refractivity contribution is 0.330. The van der Waals surface area contributed by atoms with Gasteiger partial charge in [-0.2, -0.15) is 4.98 Å². The fourth-order valence-electron chi connectivity index (χ4n) is 2.16. The number of nitrogens with zero attached hydrogens (tertiary/aromatic N) is 2. The molecule has 2 heterocycles. The van der Waals surface area contributed by atoms with Gasteiger partial charge in [0.15, 0.2) is 5.75 Å². The number of nitrogens with one attached hydrogen (secondary N) is 1. The van der Waals surface area contributed by atoms with E-state index in [1.807, 2.05) is 30.3 Å². The Morgan fingerprint density at radius 2 is 2.19 bits per heavy atom. The van der Waals surface area contributed by atoms with Crippen LogP contribution in [0.4, 0.5) is 0 Å². The predicted molar refractivity (Wildman–Crippen MR) is 78.2 cm³/mol. The molecule has 0 aliphatic heterocycles. The molecule has 106 valence electrons. The number of fused-ring (bicyclic) bond motifs is 1. The molecule has 0 bridgehead atoms. The van der Waals surface area contributed by atoms with Gasteiger partial charge in [-0.3, -0.25) is 4.98 Å². The summed E-state index contributed by atoms with van der Waals surface area (Å²) in [7, 11) is 0. The van der Waals surface area contributed by atoms with Gasteiger partial charge in [-0.1, -0.05) is 18.2 Å². The molecule has 0 saturated heterocycles. The third kappa shape index (κ3) is 2.87. The van der Waals surface area contributed by atoms with Crippen LogP contribution in [0.15, 0.2) is 47.2 Å². The van der Waals surface area contributed by atoms with Gasteiger partial charge in [-0.05, 0) is 25.0 Å². The second kappa shape index (κ2) is 5.18. The summed E-state index contributed by atoms with van der Waals surface area (Å²) in [5, 5.41) is 4.41. The molecule has 0 atom stereocenters. The molecule has 5 heteroatoms. The molecule has 1 N–H and O–H groups in total. The fraction of sp³-hybridized carbons (Fsp3) is 0.250. The molecule has 0 amide bonds. The van der Waals surface area contributed by atoms with Gasteiger partial charge in [-0.25, -0.2) is 0 Å². The standard InChI is InChI=1S/C16H15N3O2/c1-2-4-15-11(3-1)7-14(9-18-15)21-16-19-13(10-20-16)8-17-12-5-6-12/h1-4,7,9-10,12,17H,5-6,8H2. The third-order valence-electron chi connectivity index (χ3n) is 3.45. The largest absolute Gasteiger partial charge is 0.417 e. The van der Waals surface area contributed by atoms with Crippen molar-refractivity contribution in [2.75, 3.05) is 0 Å². The zero-order valence-electron chi connectivity index (χ0n) is 11.5. The van der Waals surface area contributed by atoms with Crippen molar-refractivity contribution in [2.24, 2.45) is 0 Å². The maximum atomic E-state index is 5.62. The molecule has 2 aromatic heterocycles. The average Bonchev–Trinajstić information content (AvgIpc) is 3.25. The lowest BCUT2D eigenvalue weighted by Gasteiger charge is -2.02. The minimum Gasteiger partial charge on any atom is -0.417 e. The zero-order chi connectivity index (χ0) is 14.1. The predicted octanol–water partition coefficient (Wildman–Crippen LogP) is 3.27. The Hall–Kier alpha value is -2.40. The number of pyridine rings is 1. The number of rotatable bonds is 5. The van der Waals surface area contributed by atoms with E-state index in [4.69, 9.17) is 9.15 Å². The number of hydrogen-bond acceptors (Lipinski definition) is 5. The molecular weight excluding hydrogens is 266 g/mol. The van der Waals surface area contributed by atoms with Crippen LogP contribution in [-0.4, -0.2) is 16.0 Å². The summed E-state index contributed by atoms with van der Waals surface area (Å²) in [5.74, 6) is 0.622. The molecule has 5 nitrogen and oxygen atoms in total. The van der Waals surface area contributed by atoms with E-state index >= 15 is 0 Å². The number of aromatic nitrogens is 2. The van der Waals surface area contributed by atoms with Crippen molar-refractivity contribution in [2.45, 2.75) is 25.4 Å². The van der Waals surface area contributed by atoms with Gasteiger partial charge in [0.05, 0.1) is 17.4 Å². The third-order valence-corrected chi connectivity index (χ3v) is 3.45. The molecule has 1 fully saturated rings. The Morgan fingerprint density at radius 1 is 1.29 bits per heavy atom. The van der Waals surface area contributed by atoms with E-state index in [9.17, 15) is 0 Å². The molecule has 1 saturated carbocycles. The van der Waals surface area contributed by atoms with Crippen LogP contribution in [0.25, 0.3) is 10.9 Å². The highest BCUT2D eigenvalue weighted by molar-refractivity contribution is 5.79. The quantitative estimate of drug-likeness (QED) is 0.777. The van der Waals surface area contributed by atoms with E-state index in [1.165, 1.54) is 12.8 Å². The normalized spacial score (nSPS) is 14.5. The summed E-state index contributed by atoms with van der Waals surface area (Å²) >= 11 is 0. The van der Waals surface area contributed by atoms with E-state index in [0.29, 0.717) is 18.3 Å². The summed E-state index contributed by atoms with van der Waals surface area (Å²) < 4.78 is 11.0. The molecule has 1 aliphatic rings. The van der Waals surface area contributed by atoms with Crippen LogP contribution in [0.5, 0.6) is 11.8 Å². The summed E-state index contributed by atoms with van der Waals surface area (Å²) in [6.45, 7) is 0.716. The molecule has 0 spiro atoms. The van der Waals surface area contributed by atoms with E-state index in [1.54, 1.807) is 12.5 Å². The van der Waals surface area contributed by atoms with Crippen LogP contribution >= 0.6 is 0 Å². The van der Waals surface area contributed by atoms with E-state index in [2.05, 4.69) is 15.3 Å². The zero-order valence-corrected chi connectivity index (χ0v) is 11.5. The minimum absolute atomic E-state index is 0.250. The Bertz CT molecular complexity index is 765. The van der Waals surface area contributed by atoms with Gasteiger partial charge >= 0.3 is 6.08 Å². The average molecular weight is 281 g/mol. The van der Waals surface area contributed by atoms with Gasteiger partial charge < -0.3 is 14.5 Å². The number of benzene rings is 1. The second-order valence-corrected chi connectivity index (χ2v) is 5.23. The minimum atomic E-state index is 0.250. The van der Waals surface area contributed by atoms with Crippen LogP contribution in [0, 0.1) is 0 Å². The first-order valence-electron chi connectivity index (χ1n) is 7.07. The van der Waals surface area contributed by atoms with Crippen molar-refractivity contribution < 1.29 is 9.15 Å². The molecular formula is C16H15N3O2. The van der Waals surface area contributed by atoms with Gasteiger partial charge in [0.25, 0.3) is 0 Å². The Balaban J connectivity index is 1.48. The van der Waals surface area contributed by atoms with Crippen LogP contribution in [0.1, 0.15) is 18.5 Å². The number of hydrogen-bond donors (Lipinski definition) is 1. The van der Waals surface area contributed by atoms with Crippen molar-refractivity contribution in [3.8, 4) is 11.8 Å². The molecule has 1 aromatic carbocycles. The van der Waals surface area contributed by atoms with Crippen molar-refractivity contribution in [3.63, 3.8) is 0 Å². The number of ether oxygens (including phenoxy) is 1. The van der Waals surface area contributed by atoms with Crippen molar-refractivity contribution in [1.29, 1.82) is 0 Å². The van der Waals surface area contributed by atoms with Crippen LogP contribution < -0.4 is 10.1 Å². The molecule has 1 aliphatic carbocycles. The molecule has 21 heavy (non-hydrogen) atoms.